The van der Waals surface area contributed by atoms with Crippen LogP contribution in [0.1, 0.15) is 33.6 Å². The van der Waals surface area contributed by atoms with Crippen molar-refractivity contribution in [1.29, 1.82) is 0 Å². The predicted molar refractivity (Wildman–Crippen MR) is 62.0 cm³/mol. The molecule has 4 nitrogen and oxygen atoms in total. The van der Waals surface area contributed by atoms with Gasteiger partial charge in [-0.25, -0.2) is 12.7 Å². The van der Waals surface area contributed by atoms with Crippen molar-refractivity contribution in [2.75, 3.05) is 19.6 Å². The van der Waals surface area contributed by atoms with Crippen LogP contribution < -0.4 is 5.73 Å². The van der Waals surface area contributed by atoms with Gasteiger partial charge in [0.15, 0.2) is 0 Å². The first kappa shape index (κ1) is 12.9. The summed E-state index contributed by atoms with van der Waals surface area (Å²) >= 11 is 0. The SMILES string of the molecule is CCC(CN)S(=O)(=O)N1CCC(C)(C)C1. The minimum atomic E-state index is -3.16. The number of nitrogens with two attached hydrogens (primary N) is 1. The summed E-state index contributed by atoms with van der Waals surface area (Å²) in [7, 11) is -3.16. The van der Waals surface area contributed by atoms with Gasteiger partial charge in [0.2, 0.25) is 10.0 Å². The molecule has 0 radical (unpaired) electrons. The maximum atomic E-state index is 12.1. The molecule has 5 heteroatoms. The first-order valence-electron chi connectivity index (χ1n) is 5.52. The van der Waals surface area contributed by atoms with Crippen LogP contribution in [0.4, 0.5) is 0 Å². The summed E-state index contributed by atoms with van der Waals surface area (Å²) in [5.41, 5.74) is 5.61. The van der Waals surface area contributed by atoms with Gasteiger partial charge in [-0.05, 0) is 18.3 Å². The summed E-state index contributed by atoms with van der Waals surface area (Å²) in [6.45, 7) is 7.57. The quantitative estimate of drug-likeness (QED) is 0.782. The van der Waals surface area contributed by atoms with E-state index in [9.17, 15) is 8.42 Å². The Hall–Kier alpha value is -0.130. The molecule has 1 heterocycles. The molecule has 0 aromatic carbocycles. The average molecular weight is 234 g/mol. The van der Waals surface area contributed by atoms with E-state index < -0.39 is 15.3 Å². The molecule has 1 aliphatic rings. The zero-order chi connectivity index (χ0) is 11.7. The van der Waals surface area contributed by atoms with Crippen molar-refractivity contribution in [3.8, 4) is 0 Å². The van der Waals surface area contributed by atoms with Crippen LogP contribution in [-0.2, 0) is 10.0 Å². The van der Waals surface area contributed by atoms with Crippen molar-refractivity contribution in [2.45, 2.75) is 38.9 Å². The molecule has 1 aliphatic heterocycles. The second-order valence-electron chi connectivity index (χ2n) is 5.06. The van der Waals surface area contributed by atoms with Crippen molar-refractivity contribution in [2.24, 2.45) is 11.1 Å². The predicted octanol–water partition coefficient (Wildman–Crippen LogP) is 0.785. The van der Waals surface area contributed by atoms with E-state index in [1.54, 1.807) is 4.31 Å². The molecule has 1 rings (SSSR count). The Balaban J connectivity index is 2.80. The van der Waals surface area contributed by atoms with Gasteiger partial charge in [-0.3, -0.25) is 0 Å². The molecular weight excluding hydrogens is 212 g/mol. The first-order valence-corrected chi connectivity index (χ1v) is 7.03. The zero-order valence-corrected chi connectivity index (χ0v) is 10.7. The lowest BCUT2D eigenvalue weighted by atomic mass is 9.93. The molecule has 0 aromatic heterocycles. The van der Waals surface area contributed by atoms with E-state index in [4.69, 9.17) is 5.73 Å². The van der Waals surface area contributed by atoms with E-state index in [1.807, 2.05) is 6.92 Å². The maximum Gasteiger partial charge on any atom is 0.218 e. The Kier molecular flexibility index (Phi) is 3.79. The Morgan fingerprint density at radius 1 is 1.47 bits per heavy atom. The summed E-state index contributed by atoms with van der Waals surface area (Å²) in [6.07, 6.45) is 1.53. The molecule has 1 saturated heterocycles. The van der Waals surface area contributed by atoms with Crippen LogP contribution in [0.15, 0.2) is 0 Å². The fraction of sp³-hybridized carbons (Fsp3) is 1.00. The smallest absolute Gasteiger partial charge is 0.218 e. The van der Waals surface area contributed by atoms with Crippen molar-refractivity contribution < 1.29 is 8.42 Å². The number of nitrogens with zero attached hydrogens (tertiary/aromatic N) is 1. The molecule has 15 heavy (non-hydrogen) atoms. The highest BCUT2D eigenvalue weighted by atomic mass is 32.2. The highest BCUT2D eigenvalue weighted by Crippen LogP contribution is 2.31. The second kappa shape index (κ2) is 4.39. The van der Waals surface area contributed by atoms with Gasteiger partial charge >= 0.3 is 0 Å². The molecule has 0 saturated carbocycles. The van der Waals surface area contributed by atoms with Crippen molar-refractivity contribution in [1.82, 2.24) is 4.31 Å². The Morgan fingerprint density at radius 2 is 2.07 bits per heavy atom. The fourth-order valence-corrected chi connectivity index (χ4v) is 3.95. The third kappa shape index (κ3) is 2.71. The molecule has 0 aromatic rings. The highest BCUT2D eigenvalue weighted by Gasteiger charge is 2.38. The fourth-order valence-electron chi connectivity index (χ4n) is 1.99. The van der Waals surface area contributed by atoms with Gasteiger partial charge in [0.25, 0.3) is 0 Å². The topological polar surface area (TPSA) is 63.4 Å². The normalized spacial score (nSPS) is 24.3. The molecular formula is C10H22N2O2S. The number of sulfonamides is 1. The second-order valence-corrected chi connectivity index (χ2v) is 7.27. The lowest BCUT2D eigenvalue weighted by molar-refractivity contribution is 0.372. The van der Waals surface area contributed by atoms with Crippen LogP contribution >= 0.6 is 0 Å². The Morgan fingerprint density at radius 3 is 2.40 bits per heavy atom. The van der Waals surface area contributed by atoms with Crippen LogP contribution in [0, 0.1) is 5.41 Å². The van der Waals surface area contributed by atoms with Crippen LogP contribution in [-0.4, -0.2) is 37.6 Å². The molecule has 0 bridgehead atoms. The van der Waals surface area contributed by atoms with E-state index in [0.29, 0.717) is 19.5 Å². The van der Waals surface area contributed by atoms with Crippen LogP contribution in [0.25, 0.3) is 0 Å². The highest BCUT2D eigenvalue weighted by molar-refractivity contribution is 7.89. The lowest BCUT2D eigenvalue weighted by Crippen LogP contribution is -2.41. The van der Waals surface area contributed by atoms with E-state index in [1.165, 1.54) is 0 Å². The lowest BCUT2D eigenvalue weighted by Gasteiger charge is -2.23. The summed E-state index contributed by atoms with van der Waals surface area (Å²) in [5, 5.41) is -0.411. The van der Waals surface area contributed by atoms with Gasteiger partial charge in [-0.15, -0.1) is 0 Å². The maximum absolute atomic E-state index is 12.1. The first-order chi connectivity index (χ1) is 6.83. The molecule has 1 unspecified atom stereocenters. The van der Waals surface area contributed by atoms with Gasteiger partial charge in [-0.2, -0.15) is 0 Å². The Labute approximate surface area is 92.9 Å². The summed E-state index contributed by atoms with van der Waals surface area (Å²) < 4.78 is 25.9. The Bertz CT molecular complexity index is 307. The van der Waals surface area contributed by atoms with E-state index in [0.717, 1.165) is 6.42 Å². The third-order valence-corrected chi connectivity index (χ3v) is 5.54. The van der Waals surface area contributed by atoms with E-state index in [-0.39, 0.29) is 12.0 Å². The van der Waals surface area contributed by atoms with Gasteiger partial charge in [0.1, 0.15) is 0 Å². The van der Waals surface area contributed by atoms with Crippen molar-refractivity contribution in [3.05, 3.63) is 0 Å². The zero-order valence-electron chi connectivity index (χ0n) is 9.86. The van der Waals surface area contributed by atoms with Crippen molar-refractivity contribution >= 4 is 10.0 Å². The van der Waals surface area contributed by atoms with Crippen molar-refractivity contribution in [3.63, 3.8) is 0 Å². The number of hydrogen-bond donors (Lipinski definition) is 1. The largest absolute Gasteiger partial charge is 0.329 e. The van der Waals surface area contributed by atoms with Gasteiger partial charge in [0.05, 0.1) is 5.25 Å². The molecule has 0 spiro atoms. The van der Waals surface area contributed by atoms with Crippen LogP contribution in [0.3, 0.4) is 0 Å². The monoisotopic (exact) mass is 234 g/mol. The van der Waals surface area contributed by atoms with Crippen LogP contribution in [0.2, 0.25) is 0 Å². The summed E-state index contributed by atoms with van der Waals surface area (Å²) in [6, 6.07) is 0. The standard InChI is InChI=1S/C10H22N2O2S/c1-4-9(7-11)15(13,14)12-6-5-10(2,3)8-12/h9H,4-8,11H2,1-3H3. The summed E-state index contributed by atoms with van der Waals surface area (Å²) in [4.78, 5) is 0. The molecule has 1 fully saturated rings. The van der Waals surface area contributed by atoms with Gasteiger partial charge in [-0.1, -0.05) is 20.8 Å². The molecule has 90 valence electrons. The van der Waals surface area contributed by atoms with Crippen LogP contribution in [0.5, 0.6) is 0 Å². The van der Waals surface area contributed by atoms with Gasteiger partial charge in [0, 0.05) is 19.6 Å². The van der Waals surface area contributed by atoms with E-state index in [2.05, 4.69) is 13.8 Å². The van der Waals surface area contributed by atoms with E-state index >= 15 is 0 Å². The number of hydrogen-bond acceptors (Lipinski definition) is 3. The minimum absolute atomic E-state index is 0.111. The minimum Gasteiger partial charge on any atom is -0.329 e. The third-order valence-electron chi connectivity index (χ3n) is 3.14. The molecule has 2 N–H and O–H groups in total. The number of rotatable bonds is 4. The average Bonchev–Trinajstić information content (AvgIpc) is 2.48. The molecule has 0 amide bonds. The summed E-state index contributed by atoms with van der Waals surface area (Å²) in [5.74, 6) is 0. The molecule has 1 atom stereocenters. The molecule has 0 aliphatic carbocycles. The van der Waals surface area contributed by atoms with Gasteiger partial charge < -0.3 is 5.73 Å².